The quantitative estimate of drug-likeness (QED) is 0.0278. The molecule has 6 atom stereocenters. The van der Waals surface area contributed by atoms with E-state index in [1.807, 2.05) is 0 Å². The van der Waals surface area contributed by atoms with E-state index in [0.717, 1.165) is 38.5 Å². The van der Waals surface area contributed by atoms with Crippen molar-refractivity contribution in [3.8, 4) is 0 Å². The first-order valence-corrected chi connectivity index (χ1v) is 21.9. The second kappa shape index (κ2) is 36.3. The fraction of sp³-hybridized carbons (Fsp3) is 0.886. The van der Waals surface area contributed by atoms with Gasteiger partial charge in [0, 0.05) is 13.0 Å². The molecule has 4 N–H and O–H groups in total. The van der Waals surface area contributed by atoms with Gasteiger partial charge in [0.05, 0.1) is 19.8 Å². The maximum Gasteiger partial charge on any atom is 0.306 e. The van der Waals surface area contributed by atoms with Crippen LogP contribution in [-0.2, 0) is 23.7 Å². The van der Waals surface area contributed by atoms with Crippen LogP contribution in [0.3, 0.4) is 0 Å². The lowest BCUT2D eigenvalue weighted by Gasteiger charge is -2.39. The summed E-state index contributed by atoms with van der Waals surface area (Å²) in [5.41, 5.74) is 0. The van der Waals surface area contributed by atoms with E-state index in [-0.39, 0.29) is 19.2 Å². The Bertz CT molecular complexity index is 864. The van der Waals surface area contributed by atoms with Gasteiger partial charge in [-0.05, 0) is 44.9 Å². The van der Waals surface area contributed by atoms with Gasteiger partial charge < -0.3 is 39.4 Å². The third-order valence-electron chi connectivity index (χ3n) is 10.1. The number of allylic oxidation sites excluding steroid dienone is 4. The first-order valence-electron chi connectivity index (χ1n) is 21.9. The molecule has 6 unspecified atom stereocenters. The number of aliphatic hydroxyl groups is 4. The third-order valence-corrected chi connectivity index (χ3v) is 10.1. The zero-order valence-electron chi connectivity index (χ0n) is 34.0. The summed E-state index contributed by atoms with van der Waals surface area (Å²) in [7, 11) is 0. The topological polar surface area (TPSA) is 135 Å². The lowest BCUT2D eigenvalue weighted by atomic mass is 9.99. The molecule has 1 fully saturated rings. The van der Waals surface area contributed by atoms with Crippen LogP contribution in [0.2, 0.25) is 0 Å². The van der Waals surface area contributed by atoms with Gasteiger partial charge in [0.2, 0.25) is 0 Å². The minimum Gasteiger partial charge on any atom is -0.457 e. The number of hydrogen-bond acceptors (Lipinski definition) is 9. The fourth-order valence-corrected chi connectivity index (χ4v) is 6.64. The highest BCUT2D eigenvalue weighted by atomic mass is 16.7. The molecule has 53 heavy (non-hydrogen) atoms. The Kier molecular flexibility index (Phi) is 34.0. The molecule has 0 aromatic heterocycles. The van der Waals surface area contributed by atoms with Crippen LogP contribution in [0.1, 0.15) is 187 Å². The molecule has 0 aliphatic carbocycles. The Labute approximate surface area is 324 Å². The number of rotatable bonds is 37. The molecular weight excluding hydrogens is 672 g/mol. The zero-order chi connectivity index (χ0) is 38.6. The second-order valence-electron chi connectivity index (χ2n) is 15.1. The number of carbonyl (C=O) groups is 1. The van der Waals surface area contributed by atoms with Crippen LogP contribution in [0.4, 0.5) is 0 Å². The van der Waals surface area contributed by atoms with Crippen LogP contribution >= 0.6 is 0 Å². The molecule has 0 aromatic carbocycles. The number of unbranched alkanes of at least 4 members (excludes halogenated alkanes) is 22. The summed E-state index contributed by atoms with van der Waals surface area (Å²) < 4.78 is 22.7. The molecule has 1 aliphatic heterocycles. The van der Waals surface area contributed by atoms with E-state index in [1.54, 1.807) is 0 Å². The molecule has 0 aromatic rings. The van der Waals surface area contributed by atoms with E-state index >= 15 is 0 Å². The average Bonchev–Trinajstić information content (AvgIpc) is 3.16. The first-order chi connectivity index (χ1) is 25.9. The molecule has 0 bridgehead atoms. The molecule has 0 spiro atoms. The molecule has 9 heteroatoms. The van der Waals surface area contributed by atoms with Crippen LogP contribution < -0.4 is 0 Å². The number of carbonyl (C=O) groups excluding carboxylic acids is 1. The number of hydrogen-bond donors (Lipinski definition) is 4. The van der Waals surface area contributed by atoms with Crippen molar-refractivity contribution in [1.82, 2.24) is 0 Å². The fourth-order valence-electron chi connectivity index (χ4n) is 6.64. The van der Waals surface area contributed by atoms with Crippen LogP contribution in [0, 0.1) is 0 Å². The van der Waals surface area contributed by atoms with Gasteiger partial charge in [-0.1, -0.05) is 160 Å². The number of aliphatic hydroxyl groups excluding tert-OH is 4. The summed E-state index contributed by atoms with van der Waals surface area (Å²) in [5.74, 6) is -0.317. The van der Waals surface area contributed by atoms with Crippen molar-refractivity contribution in [3.63, 3.8) is 0 Å². The van der Waals surface area contributed by atoms with Crippen molar-refractivity contribution in [3.05, 3.63) is 24.3 Å². The molecule has 9 nitrogen and oxygen atoms in total. The molecule has 0 saturated carbocycles. The first kappa shape index (κ1) is 49.7. The summed E-state index contributed by atoms with van der Waals surface area (Å²) >= 11 is 0. The van der Waals surface area contributed by atoms with Crippen molar-refractivity contribution >= 4 is 5.97 Å². The van der Waals surface area contributed by atoms with E-state index < -0.39 is 43.4 Å². The Hall–Kier alpha value is -1.33. The molecule has 1 aliphatic rings. The third kappa shape index (κ3) is 27.8. The lowest BCUT2D eigenvalue weighted by Crippen LogP contribution is -2.59. The lowest BCUT2D eigenvalue weighted by molar-refractivity contribution is -0.305. The molecule has 1 saturated heterocycles. The SMILES string of the molecule is CCCCCCC/C=C\C/C=C\CCCCCCCCCCCCCC(=O)OC(COCCCCCCCCC)COC1OC(CO)C(O)C(O)C1O. The average molecular weight is 755 g/mol. The number of esters is 1. The Balaban J connectivity index is 2.16. The summed E-state index contributed by atoms with van der Waals surface area (Å²) in [6, 6.07) is 0. The maximum absolute atomic E-state index is 12.7. The molecule has 1 heterocycles. The molecular formula is C44H82O9. The van der Waals surface area contributed by atoms with Gasteiger partial charge in [-0.3, -0.25) is 4.79 Å². The van der Waals surface area contributed by atoms with Crippen molar-refractivity contribution < 1.29 is 44.2 Å². The summed E-state index contributed by atoms with van der Waals surface area (Å²) in [5, 5.41) is 39.9. The van der Waals surface area contributed by atoms with Crippen LogP contribution in [0.25, 0.3) is 0 Å². The largest absolute Gasteiger partial charge is 0.457 e. The van der Waals surface area contributed by atoms with Crippen LogP contribution in [0.15, 0.2) is 24.3 Å². The van der Waals surface area contributed by atoms with Crippen molar-refractivity contribution in [2.24, 2.45) is 0 Å². The highest BCUT2D eigenvalue weighted by Crippen LogP contribution is 2.22. The van der Waals surface area contributed by atoms with E-state index in [1.165, 1.54) is 128 Å². The van der Waals surface area contributed by atoms with Gasteiger partial charge in [-0.2, -0.15) is 0 Å². The summed E-state index contributed by atoms with van der Waals surface area (Å²) in [6.45, 7) is 4.52. The maximum atomic E-state index is 12.7. The Morgan fingerprint density at radius 2 is 1.09 bits per heavy atom. The Morgan fingerprint density at radius 1 is 0.604 bits per heavy atom. The van der Waals surface area contributed by atoms with Crippen LogP contribution in [-0.4, -0.2) is 89.6 Å². The minimum absolute atomic E-state index is 0.111. The molecule has 312 valence electrons. The zero-order valence-corrected chi connectivity index (χ0v) is 34.0. The van der Waals surface area contributed by atoms with Crippen LogP contribution in [0.5, 0.6) is 0 Å². The highest BCUT2D eigenvalue weighted by molar-refractivity contribution is 5.69. The summed E-state index contributed by atoms with van der Waals surface area (Å²) in [4.78, 5) is 12.7. The monoisotopic (exact) mass is 755 g/mol. The van der Waals surface area contributed by atoms with Gasteiger partial charge in [0.15, 0.2) is 6.29 Å². The number of ether oxygens (including phenoxy) is 4. The van der Waals surface area contributed by atoms with Gasteiger partial charge in [-0.25, -0.2) is 0 Å². The minimum atomic E-state index is -1.53. The van der Waals surface area contributed by atoms with Crippen molar-refractivity contribution in [2.75, 3.05) is 26.4 Å². The van der Waals surface area contributed by atoms with Gasteiger partial charge in [0.25, 0.3) is 0 Å². The van der Waals surface area contributed by atoms with E-state index in [2.05, 4.69) is 38.2 Å². The van der Waals surface area contributed by atoms with Crippen molar-refractivity contribution in [2.45, 2.75) is 224 Å². The van der Waals surface area contributed by atoms with E-state index in [0.29, 0.717) is 13.0 Å². The van der Waals surface area contributed by atoms with Gasteiger partial charge >= 0.3 is 5.97 Å². The molecule has 0 amide bonds. The van der Waals surface area contributed by atoms with E-state index in [9.17, 15) is 25.2 Å². The van der Waals surface area contributed by atoms with Gasteiger partial charge in [0.1, 0.15) is 30.5 Å². The normalized spacial score (nSPS) is 21.2. The van der Waals surface area contributed by atoms with E-state index in [4.69, 9.17) is 18.9 Å². The molecule has 1 rings (SSSR count). The summed E-state index contributed by atoms with van der Waals surface area (Å²) in [6.07, 6.45) is 33.7. The standard InChI is InChI=1S/C44H82O9/c1-3-5-7-9-11-12-13-14-15-16-17-18-19-20-21-22-23-24-25-26-27-29-31-33-40(46)52-38(36-50-34-32-30-28-10-8-6-4-2)37-51-44-43(49)42(48)41(47)39(35-45)53-44/h13-14,16-17,38-39,41-45,47-49H,3-12,15,18-37H2,1-2H3/b14-13-,17-16-. The predicted octanol–water partition coefficient (Wildman–Crippen LogP) is 9.42. The second-order valence-corrected chi connectivity index (χ2v) is 15.1. The highest BCUT2D eigenvalue weighted by Gasteiger charge is 2.44. The van der Waals surface area contributed by atoms with Gasteiger partial charge in [-0.15, -0.1) is 0 Å². The Morgan fingerprint density at radius 3 is 1.62 bits per heavy atom. The molecule has 0 radical (unpaired) electrons. The van der Waals surface area contributed by atoms with Crippen molar-refractivity contribution in [1.29, 1.82) is 0 Å². The smallest absolute Gasteiger partial charge is 0.306 e. The predicted molar refractivity (Wildman–Crippen MR) is 215 cm³/mol.